The maximum Gasteiger partial charge on any atom is 0.251 e. The Kier molecular flexibility index (Phi) is 6.19. The summed E-state index contributed by atoms with van der Waals surface area (Å²) < 4.78 is 0. The second kappa shape index (κ2) is 8.77. The van der Waals surface area contributed by atoms with Crippen molar-refractivity contribution in [3.8, 4) is 0 Å². The molecule has 27 heavy (non-hydrogen) atoms. The Morgan fingerprint density at radius 3 is 2.56 bits per heavy atom. The molecule has 0 unspecified atom stereocenters. The number of amides is 1. The summed E-state index contributed by atoms with van der Waals surface area (Å²) in [5.74, 6) is 0.671. The first-order valence-corrected chi connectivity index (χ1v) is 9.85. The van der Waals surface area contributed by atoms with E-state index in [4.69, 9.17) is 0 Å². The van der Waals surface area contributed by atoms with Gasteiger partial charge in [-0.05, 0) is 62.0 Å². The van der Waals surface area contributed by atoms with Crippen LogP contribution in [0.2, 0.25) is 0 Å². The van der Waals surface area contributed by atoms with Gasteiger partial charge < -0.3 is 10.6 Å². The molecule has 3 rings (SSSR count). The molecule has 0 radical (unpaired) electrons. The lowest BCUT2D eigenvalue weighted by atomic mass is 10.2. The molecule has 3 aromatic rings. The van der Waals surface area contributed by atoms with Crippen LogP contribution in [-0.2, 0) is 13.0 Å². The fourth-order valence-corrected chi connectivity index (χ4v) is 3.68. The Bertz CT molecular complexity index is 915. The number of thiophene rings is 1. The molecule has 0 atom stereocenters. The lowest BCUT2D eigenvalue weighted by molar-refractivity contribution is 0.0954. The third-order valence-electron chi connectivity index (χ3n) is 4.21. The van der Waals surface area contributed by atoms with E-state index in [2.05, 4.69) is 39.0 Å². The van der Waals surface area contributed by atoms with Crippen LogP contribution in [0.4, 0.5) is 5.69 Å². The molecule has 0 aliphatic heterocycles. The lowest BCUT2D eigenvalue weighted by Gasteiger charge is -2.09. The summed E-state index contributed by atoms with van der Waals surface area (Å²) in [5, 5.41) is 8.43. The Hall–Kier alpha value is -2.73. The van der Waals surface area contributed by atoms with Gasteiger partial charge in [-0.2, -0.15) is 0 Å². The summed E-state index contributed by atoms with van der Waals surface area (Å²) in [7, 11) is 0. The zero-order valence-corrected chi connectivity index (χ0v) is 16.7. The van der Waals surface area contributed by atoms with E-state index in [9.17, 15) is 4.79 Å². The highest BCUT2D eigenvalue weighted by atomic mass is 32.1. The number of aryl methyl sites for hydroxylation is 3. The van der Waals surface area contributed by atoms with Crippen LogP contribution in [0.1, 0.15) is 38.0 Å². The van der Waals surface area contributed by atoms with Crippen molar-refractivity contribution < 1.29 is 4.79 Å². The van der Waals surface area contributed by atoms with E-state index in [1.54, 1.807) is 11.3 Å². The van der Waals surface area contributed by atoms with E-state index < -0.39 is 0 Å². The number of hydrogen-bond donors (Lipinski definition) is 2. The van der Waals surface area contributed by atoms with Crippen LogP contribution >= 0.6 is 11.3 Å². The summed E-state index contributed by atoms with van der Waals surface area (Å²) in [6, 6.07) is 11.6. The molecule has 0 saturated heterocycles. The molecule has 1 amide bonds. The summed E-state index contributed by atoms with van der Waals surface area (Å²) in [4.78, 5) is 22.5. The van der Waals surface area contributed by atoms with Gasteiger partial charge in [0.25, 0.3) is 5.91 Å². The zero-order valence-electron chi connectivity index (χ0n) is 15.9. The molecular weight excluding hydrogens is 356 g/mol. The number of nitrogens with one attached hydrogen (secondary N) is 2. The van der Waals surface area contributed by atoms with Gasteiger partial charge in [0.1, 0.15) is 5.82 Å². The Morgan fingerprint density at radius 1 is 1.07 bits per heavy atom. The molecule has 0 aliphatic carbocycles. The molecule has 0 saturated carbocycles. The van der Waals surface area contributed by atoms with Crippen molar-refractivity contribution in [1.82, 2.24) is 15.3 Å². The van der Waals surface area contributed by atoms with Gasteiger partial charge >= 0.3 is 0 Å². The van der Waals surface area contributed by atoms with Gasteiger partial charge in [0.2, 0.25) is 0 Å². The molecule has 0 spiro atoms. The Balaban J connectivity index is 1.54. The predicted molar refractivity (Wildman–Crippen MR) is 110 cm³/mol. The van der Waals surface area contributed by atoms with E-state index in [1.807, 2.05) is 44.2 Å². The Labute approximate surface area is 163 Å². The summed E-state index contributed by atoms with van der Waals surface area (Å²) in [6.07, 6.45) is 0.615. The first kappa shape index (κ1) is 19.0. The van der Waals surface area contributed by atoms with E-state index >= 15 is 0 Å². The third kappa shape index (κ3) is 5.37. The largest absolute Gasteiger partial charge is 0.380 e. The number of carbonyl (C=O) groups excluding carboxylic acids is 1. The number of carbonyl (C=O) groups is 1. The van der Waals surface area contributed by atoms with Crippen molar-refractivity contribution in [1.29, 1.82) is 0 Å². The molecule has 0 aliphatic rings. The predicted octanol–water partition coefficient (Wildman–Crippen LogP) is 4.05. The highest BCUT2D eigenvalue weighted by Crippen LogP contribution is 2.18. The van der Waals surface area contributed by atoms with Gasteiger partial charge in [0.05, 0.1) is 0 Å². The number of aromatic nitrogens is 2. The smallest absolute Gasteiger partial charge is 0.251 e. The zero-order chi connectivity index (χ0) is 19.2. The minimum absolute atomic E-state index is 0.0877. The van der Waals surface area contributed by atoms with Crippen molar-refractivity contribution in [2.75, 3.05) is 11.9 Å². The summed E-state index contributed by atoms with van der Waals surface area (Å²) in [6.45, 7) is 7.28. The van der Waals surface area contributed by atoms with Gasteiger partial charge in [-0.1, -0.05) is 6.07 Å². The van der Waals surface area contributed by atoms with Gasteiger partial charge in [-0.3, -0.25) is 4.79 Å². The normalized spacial score (nSPS) is 10.6. The molecule has 6 heteroatoms. The SMILES string of the molecule is Cc1cc(C)nc(CCNC(=O)c2cccc(NCc3sccc3C)c2)n1. The van der Waals surface area contributed by atoms with Crippen molar-refractivity contribution >= 4 is 22.9 Å². The Morgan fingerprint density at radius 2 is 1.85 bits per heavy atom. The molecule has 2 aromatic heterocycles. The molecule has 1 aromatic carbocycles. The van der Waals surface area contributed by atoms with Crippen molar-refractivity contribution in [3.63, 3.8) is 0 Å². The third-order valence-corrected chi connectivity index (χ3v) is 5.23. The van der Waals surface area contributed by atoms with Crippen molar-refractivity contribution in [3.05, 3.63) is 75.0 Å². The van der Waals surface area contributed by atoms with Gasteiger partial charge in [-0.25, -0.2) is 9.97 Å². The molecular formula is C21H24N4OS. The van der Waals surface area contributed by atoms with Gasteiger partial charge in [0.15, 0.2) is 0 Å². The number of hydrogen-bond acceptors (Lipinski definition) is 5. The van der Waals surface area contributed by atoms with Crippen LogP contribution in [0, 0.1) is 20.8 Å². The minimum Gasteiger partial charge on any atom is -0.380 e. The topological polar surface area (TPSA) is 66.9 Å². The van der Waals surface area contributed by atoms with Crippen LogP contribution in [0.15, 0.2) is 41.8 Å². The van der Waals surface area contributed by atoms with Gasteiger partial charge in [0, 0.05) is 47.0 Å². The molecule has 140 valence electrons. The maximum absolute atomic E-state index is 12.4. The van der Waals surface area contributed by atoms with E-state index in [1.165, 1.54) is 10.4 Å². The van der Waals surface area contributed by atoms with Crippen LogP contribution in [0.25, 0.3) is 0 Å². The fourth-order valence-electron chi connectivity index (χ4n) is 2.84. The molecule has 0 bridgehead atoms. The van der Waals surface area contributed by atoms with Crippen molar-refractivity contribution in [2.24, 2.45) is 0 Å². The van der Waals surface area contributed by atoms with Crippen LogP contribution < -0.4 is 10.6 Å². The second-order valence-corrected chi connectivity index (χ2v) is 7.53. The van der Waals surface area contributed by atoms with E-state index in [0.717, 1.165) is 29.4 Å². The minimum atomic E-state index is -0.0877. The average Bonchev–Trinajstić information content (AvgIpc) is 3.04. The highest BCUT2D eigenvalue weighted by Gasteiger charge is 2.07. The van der Waals surface area contributed by atoms with E-state index in [-0.39, 0.29) is 5.91 Å². The molecule has 2 N–H and O–H groups in total. The number of anilines is 1. The van der Waals surface area contributed by atoms with Crippen LogP contribution in [0.5, 0.6) is 0 Å². The maximum atomic E-state index is 12.4. The highest BCUT2D eigenvalue weighted by molar-refractivity contribution is 7.10. The first-order valence-electron chi connectivity index (χ1n) is 8.97. The van der Waals surface area contributed by atoms with E-state index in [0.29, 0.717) is 18.5 Å². The number of benzene rings is 1. The molecule has 2 heterocycles. The van der Waals surface area contributed by atoms with Crippen molar-refractivity contribution in [2.45, 2.75) is 33.7 Å². The van der Waals surface area contributed by atoms with Crippen LogP contribution in [0.3, 0.4) is 0 Å². The first-order chi connectivity index (χ1) is 13.0. The molecule has 0 fully saturated rings. The number of nitrogens with zero attached hydrogens (tertiary/aromatic N) is 2. The monoisotopic (exact) mass is 380 g/mol. The lowest BCUT2D eigenvalue weighted by Crippen LogP contribution is -2.26. The number of rotatable bonds is 7. The summed E-state index contributed by atoms with van der Waals surface area (Å²) >= 11 is 1.74. The van der Waals surface area contributed by atoms with Gasteiger partial charge in [-0.15, -0.1) is 11.3 Å². The second-order valence-electron chi connectivity index (χ2n) is 6.53. The summed E-state index contributed by atoms with van der Waals surface area (Å²) in [5.41, 5.74) is 4.76. The standard InChI is InChI=1S/C21H24N4OS/c1-14-8-10-27-19(14)13-23-18-6-4-5-17(12-18)21(26)22-9-7-20-24-15(2)11-16(3)25-20/h4-6,8,10-12,23H,7,9,13H2,1-3H3,(H,22,26). The fraction of sp³-hybridized carbons (Fsp3) is 0.286. The van der Waals surface area contributed by atoms with Crippen LogP contribution in [-0.4, -0.2) is 22.4 Å². The molecule has 5 nitrogen and oxygen atoms in total. The quantitative estimate of drug-likeness (QED) is 0.649. The average molecular weight is 381 g/mol.